The highest BCUT2D eigenvalue weighted by molar-refractivity contribution is 6.02. The van der Waals surface area contributed by atoms with Gasteiger partial charge in [-0.25, -0.2) is 0 Å². The summed E-state index contributed by atoms with van der Waals surface area (Å²) in [4.78, 5) is 36.5. The molecule has 1 atom stereocenters. The number of carbonyl (C=O) groups excluding carboxylic acids is 2. The number of aryl methyl sites for hydroxylation is 2. The fourth-order valence-corrected chi connectivity index (χ4v) is 5.14. The number of likely N-dealkylation sites (N-methyl/N-ethyl adjacent to an activating group) is 1. The number of aromatic nitrogens is 1. The van der Waals surface area contributed by atoms with Gasteiger partial charge in [-0.3, -0.25) is 19.5 Å². The van der Waals surface area contributed by atoms with E-state index in [9.17, 15) is 9.59 Å². The van der Waals surface area contributed by atoms with Crippen LogP contribution in [0.4, 0.5) is 5.69 Å². The van der Waals surface area contributed by atoms with Crippen LogP contribution >= 0.6 is 0 Å². The van der Waals surface area contributed by atoms with Gasteiger partial charge in [-0.05, 0) is 85.8 Å². The first-order valence-electron chi connectivity index (χ1n) is 12.9. The van der Waals surface area contributed by atoms with Crippen LogP contribution in [0.2, 0.25) is 0 Å². The SMILES string of the molecule is Cc1cc2c(cc1C)N(CC(=O)N(C)C(CN1CCCC1)c1ccc(-c3cccnc3)cc1)C(=O)CO2. The fourth-order valence-electron chi connectivity index (χ4n) is 5.14. The Bertz CT molecular complexity index is 1270. The molecule has 1 fully saturated rings. The molecule has 1 saturated heterocycles. The highest BCUT2D eigenvalue weighted by Crippen LogP contribution is 2.35. The molecule has 0 bridgehead atoms. The van der Waals surface area contributed by atoms with E-state index in [0.717, 1.165) is 47.5 Å². The Morgan fingerprint density at radius 1 is 1.05 bits per heavy atom. The minimum atomic E-state index is -0.200. The fraction of sp³-hybridized carbons (Fsp3) is 0.367. The smallest absolute Gasteiger partial charge is 0.265 e. The van der Waals surface area contributed by atoms with Gasteiger partial charge in [0.15, 0.2) is 6.61 Å². The van der Waals surface area contributed by atoms with Crippen molar-refractivity contribution in [3.05, 3.63) is 77.6 Å². The highest BCUT2D eigenvalue weighted by Gasteiger charge is 2.31. The molecule has 192 valence electrons. The van der Waals surface area contributed by atoms with E-state index in [-0.39, 0.29) is 31.0 Å². The molecular weight excluding hydrogens is 464 g/mol. The van der Waals surface area contributed by atoms with Crippen molar-refractivity contribution in [3.63, 3.8) is 0 Å². The van der Waals surface area contributed by atoms with E-state index in [1.54, 1.807) is 16.0 Å². The second-order valence-electron chi connectivity index (χ2n) is 10.1. The minimum Gasteiger partial charge on any atom is -0.482 e. The van der Waals surface area contributed by atoms with Gasteiger partial charge < -0.3 is 14.5 Å². The molecule has 5 rings (SSSR count). The molecule has 0 aliphatic carbocycles. The van der Waals surface area contributed by atoms with Crippen LogP contribution in [0, 0.1) is 13.8 Å². The maximum Gasteiger partial charge on any atom is 0.265 e. The number of hydrogen-bond donors (Lipinski definition) is 0. The predicted octanol–water partition coefficient (Wildman–Crippen LogP) is 4.39. The van der Waals surface area contributed by atoms with E-state index in [2.05, 4.69) is 34.1 Å². The van der Waals surface area contributed by atoms with Gasteiger partial charge >= 0.3 is 0 Å². The molecule has 0 N–H and O–H groups in total. The van der Waals surface area contributed by atoms with Gasteiger partial charge in [0.1, 0.15) is 12.3 Å². The molecule has 2 amide bonds. The first-order chi connectivity index (χ1) is 17.9. The normalized spacial score (nSPS) is 16.3. The van der Waals surface area contributed by atoms with Crippen LogP contribution in [0.1, 0.15) is 35.6 Å². The van der Waals surface area contributed by atoms with Gasteiger partial charge in [-0.1, -0.05) is 30.3 Å². The number of nitrogens with zero attached hydrogens (tertiary/aromatic N) is 4. The van der Waals surface area contributed by atoms with Gasteiger partial charge in [0.25, 0.3) is 5.91 Å². The lowest BCUT2D eigenvalue weighted by atomic mass is 10.00. The summed E-state index contributed by atoms with van der Waals surface area (Å²) in [5.41, 5.74) is 6.05. The van der Waals surface area contributed by atoms with E-state index >= 15 is 0 Å². The Morgan fingerprint density at radius 2 is 1.78 bits per heavy atom. The molecule has 2 aromatic carbocycles. The number of carbonyl (C=O) groups is 2. The summed E-state index contributed by atoms with van der Waals surface area (Å²) >= 11 is 0. The summed E-state index contributed by atoms with van der Waals surface area (Å²) in [6, 6.07) is 16.1. The maximum atomic E-state index is 13.7. The first kappa shape index (κ1) is 25.0. The zero-order valence-electron chi connectivity index (χ0n) is 21.8. The predicted molar refractivity (Wildman–Crippen MR) is 145 cm³/mol. The Labute approximate surface area is 218 Å². The van der Waals surface area contributed by atoms with Crippen molar-refractivity contribution in [1.29, 1.82) is 0 Å². The summed E-state index contributed by atoms with van der Waals surface area (Å²) in [5.74, 6) is 0.354. The van der Waals surface area contributed by atoms with Gasteiger partial charge in [0.2, 0.25) is 5.91 Å². The number of anilines is 1. The molecule has 7 heteroatoms. The molecule has 0 saturated carbocycles. The van der Waals surface area contributed by atoms with Crippen molar-refractivity contribution in [1.82, 2.24) is 14.8 Å². The number of benzene rings is 2. The third-order valence-electron chi connectivity index (χ3n) is 7.59. The van der Waals surface area contributed by atoms with Crippen LogP contribution < -0.4 is 9.64 Å². The van der Waals surface area contributed by atoms with Crippen LogP contribution in [-0.4, -0.2) is 66.4 Å². The third-order valence-corrected chi connectivity index (χ3v) is 7.59. The molecule has 37 heavy (non-hydrogen) atoms. The van der Waals surface area contributed by atoms with E-state index in [1.165, 1.54) is 12.8 Å². The number of ether oxygens (including phenoxy) is 1. The third kappa shape index (κ3) is 5.37. The van der Waals surface area contributed by atoms with Gasteiger partial charge in [-0.15, -0.1) is 0 Å². The summed E-state index contributed by atoms with van der Waals surface area (Å²) in [6.07, 6.45) is 5.99. The number of hydrogen-bond acceptors (Lipinski definition) is 5. The first-order valence-corrected chi connectivity index (χ1v) is 12.9. The Hall–Kier alpha value is -3.71. The van der Waals surface area contributed by atoms with Crippen molar-refractivity contribution in [2.45, 2.75) is 32.7 Å². The van der Waals surface area contributed by atoms with Crippen molar-refractivity contribution in [2.75, 3.05) is 44.7 Å². The maximum absolute atomic E-state index is 13.7. The van der Waals surface area contributed by atoms with E-state index in [1.807, 2.05) is 51.4 Å². The van der Waals surface area contributed by atoms with Crippen LogP contribution in [0.15, 0.2) is 60.9 Å². The Morgan fingerprint density at radius 3 is 2.49 bits per heavy atom. The highest BCUT2D eigenvalue weighted by atomic mass is 16.5. The summed E-state index contributed by atoms with van der Waals surface area (Å²) in [5, 5.41) is 0. The van der Waals surface area contributed by atoms with Gasteiger partial charge in [0.05, 0.1) is 11.7 Å². The van der Waals surface area contributed by atoms with Crippen molar-refractivity contribution >= 4 is 17.5 Å². The van der Waals surface area contributed by atoms with Gasteiger partial charge in [-0.2, -0.15) is 0 Å². The summed E-state index contributed by atoms with van der Waals surface area (Å²) in [6.45, 7) is 6.79. The van der Waals surface area contributed by atoms with E-state index in [0.29, 0.717) is 11.4 Å². The lowest BCUT2D eigenvalue weighted by molar-refractivity contribution is -0.133. The average Bonchev–Trinajstić information content (AvgIpc) is 3.44. The number of amides is 2. The molecule has 1 aromatic heterocycles. The second kappa shape index (κ2) is 10.7. The molecular formula is C30H34N4O3. The van der Waals surface area contributed by atoms with Crippen LogP contribution in [0.3, 0.4) is 0 Å². The summed E-state index contributed by atoms with van der Waals surface area (Å²) in [7, 11) is 1.85. The Balaban J connectivity index is 1.39. The van der Waals surface area contributed by atoms with Crippen molar-refractivity contribution < 1.29 is 14.3 Å². The molecule has 2 aliphatic heterocycles. The second-order valence-corrected chi connectivity index (χ2v) is 10.1. The zero-order chi connectivity index (χ0) is 25.9. The van der Waals surface area contributed by atoms with Crippen LogP contribution in [-0.2, 0) is 9.59 Å². The lowest BCUT2D eigenvalue weighted by Gasteiger charge is -2.35. The molecule has 0 spiro atoms. The largest absolute Gasteiger partial charge is 0.482 e. The number of fused-ring (bicyclic) bond motifs is 1. The van der Waals surface area contributed by atoms with Crippen LogP contribution in [0.25, 0.3) is 11.1 Å². The molecule has 3 heterocycles. The number of rotatable bonds is 7. The number of pyridine rings is 1. The molecule has 2 aliphatic rings. The van der Waals surface area contributed by atoms with Gasteiger partial charge in [0, 0.05) is 26.0 Å². The molecule has 0 radical (unpaired) electrons. The monoisotopic (exact) mass is 498 g/mol. The average molecular weight is 499 g/mol. The minimum absolute atomic E-state index is 0.0154. The quantitative estimate of drug-likeness (QED) is 0.484. The van der Waals surface area contributed by atoms with E-state index in [4.69, 9.17) is 4.74 Å². The van der Waals surface area contributed by atoms with Crippen molar-refractivity contribution in [3.8, 4) is 16.9 Å². The number of likely N-dealkylation sites (tertiary alicyclic amines) is 1. The molecule has 1 unspecified atom stereocenters. The topological polar surface area (TPSA) is 66.0 Å². The van der Waals surface area contributed by atoms with E-state index < -0.39 is 0 Å². The molecule has 7 nitrogen and oxygen atoms in total. The van der Waals surface area contributed by atoms with Crippen LogP contribution in [0.5, 0.6) is 5.75 Å². The Kier molecular flexibility index (Phi) is 7.24. The standard InChI is InChI=1S/C30H34N4O3/c1-21-15-26-28(16-22(21)2)37-20-30(36)34(26)19-29(35)32(3)27(18-33-13-4-5-14-33)24-10-8-23(9-11-24)25-7-6-12-31-17-25/h6-12,15-17,27H,4-5,13-14,18-20H2,1-3H3. The lowest BCUT2D eigenvalue weighted by Crippen LogP contribution is -2.47. The van der Waals surface area contributed by atoms with Crippen molar-refractivity contribution in [2.24, 2.45) is 0 Å². The zero-order valence-corrected chi connectivity index (χ0v) is 21.8. The molecule has 3 aromatic rings. The summed E-state index contributed by atoms with van der Waals surface area (Å²) < 4.78 is 5.67.